The fourth-order valence-electron chi connectivity index (χ4n) is 2.87. The largest absolute Gasteiger partial charge is 0.457 e. The van der Waals surface area contributed by atoms with E-state index in [9.17, 15) is 4.79 Å². The second-order valence-electron chi connectivity index (χ2n) is 5.56. The fourth-order valence-corrected chi connectivity index (χ4v) is 2.87. The third-order valence-electron chi connectivity index (χ3n) is 4.01. The quantitative estimate of drug-likeness (QED) is 0.542. The van der Waals surface area contributed by atoms with Crippen molar-refractivity contribution < 1.29 is 9.53 Å². The molecule has 5 nitrogen and oxygen atoms in total. The molecule has 0 amide bonds. The maximum Gasteiger partial charge on any atom is 0.344 e. The van der Waals surface area contributed by atoms with Crippen molar-refractivity contribution >= 4 is 22.4 Å². The van der Waals surface area contributed by atoms with Gasteiger partial charge in [-0.15, -0.1) is 0 Å². The van der Waals surface area contributed by atoms with E-state index in [-0.39, 0.29) is 6.61 Å². The number of hydrogen-bond acceptors (Lipinski definition) is 4. The van der Waals surface area contributed by atoms with Gasteiger partial charge in [0.25, 0.3) is 0 Å². The fraction of sp³-hybridized carbons (Fsp3) is 0.105. The van der Waals surface area contributed by atoms with Crippen molar-refractivity contribution in [2.45, 2.75) is 13.5 Å². The summed E-state index contributed by atoms with van der Waals surface area (Å²) in [4.78, 5) is 16.8. The van der Waals surface area contributed by atoms with Crippen molar-refractivity contribution in [1.82, 2.24) is 14.6 Å². The third kappa shape index (κ3) is 2.40. The van der Waals surface area contributed by atoms with Gasteiger partial charge in [0.2, 0.25) is 0 Å². The van der Waals surface area contributed by atoms with Crippen LogP contribution in [0.2, 0.25) is 0 Å². The number of rotatable bonds is 3. The lowest BCUT2D eigenvalue weighted by molar-refractivity contribution is 0.0475. The van der Waals surface area contributed by atoms with Crippen LogP contribution in [0.5, 0.6) is 0 Å². The number of nitrogens with zero attached hydrogens (tertiary/aromatic N) is 3. The van der Waals surface area contributed by atoms with E-state index in [4.69, 9.17) is 4.74 Å². The molecule has 4 aromatic rings. The van der Waals surface area contributed by atoms with E-state index in [1.54, 1.807) is 29.9 Å². The van der Waals surface area contributed by atoms with Crippen molar-refractivity contribution in [2.75, 3.05) is 0 Å². The first-order chi connectivity index (χ1) is 11.7. The zero-order valence-electron chi connectivity index (χ0n) is 13.1. The lowest BCUT2D eigenvalue weighted by atomic mass is 10.1. The van der Waals surface area contributed by atoms with Gasteiger partial charge in [-0.05, 0) is 29.3 Å². The molecular formula is C19H15N3O2. The predicted octanol–water partition coefficient (Wildman–Crippen LogP) is 3.55. The Morgan fingerprint density at radius 3 is 2.88 bits per heavy atom. The first kappa shape index (κ1) is 14.4. The molecule has 2 aromatic heterocycles. The topological polar surface area (TPSA) is 56.5 Å². The summed E-state index contributed by atoms with van der Waals surface area (Å²) in [7, 11) is 0. The molecule has 0 radical (unpaired) electrons. The molecule has 0 bridgehead atoms. The average molecular weight is 317 g/mol. The number of carbonyl (C=O) groups excluding carboxylic acids is 1. The summed E-state index contributed by atoms with van der Waals surface area (Å²) < 4.78 is 7.12. The van der Waals surface area contributed by atoms with E-state index >= 15 is 0 Å². The Kier molecular flexibility index (Phi) is 3.46. The van der Waals surface area contributed by atoms with Crippen LogP contribution in [0, 0.1) is 6.92 Å². The Morgan fingerprint density at radius 2 is 1.96 bits per heavy atom. The molecule has 2 aromatic carbocycles. The highest BCUT2D eigenvalue weighted by Crippen LogP contribution is 2.20. The summed E-state index contributed by atoms with van der Waals surface area (Å²) in [6.45, 7) is 1.99. The highest BCUT2D eigenvalue weighted by Gasteiger charge is 2.19. The molecule has 0 spiro atoms. The van der Waals surface area contributed by atoms with Gasteiger partial charge in [0.1, 0.15) is 12.2 Å². The predicted molar refractivity (Wildman–Crippen MR) is 90.8 cm³/mol. The number of benzene rings is 2. The molecule has 0 N–H and O–H groups in total. The van der Waals surface area contributed by atoms with Crippen LogP contribution in [-0.4, -0.2) is 20.6 Å². The lowest BCUT2D eigenvalue weighted by Crippen LogP contribution is -2.07. The van der Waals surface area contributed by atoms with Crippen LogP contribution in [0.1, 0.15) is 21.6 Å². The Hall–Kier alpha value is -3.21. The molecule has 0 aliphatic heterocycles. The number of ether oxygens (including phenoxy) is 1. The van der Waals surface area contributed by atoms with Crippen LogP contribution >= 0.6 is 0 Å². The van der Waals surface area contributed by atoms with Crippen LogP contribution in [0.15, 0.2) is 60.9 Å². The zero-order valence-corrected chi connectivity index (χ0v) is 13.1. The number of fused-ring (bicyclic) bond motifs is 2. The molecule has 0 fully saturated rings. The second kappa shape index (κ2) is 5.77. The molecule has 0 saturated carbocycles. The molecule has 24 heavy (non-hydrogen) atoms. The molecule has 0 unspecified atom stereocenters. The molecule has 5 heteroatoms. The average Bonchev–Trinajstić information content (AvgIpc) is 2.95. The van der Waals surface area contributed by atoms with Gasteiger partial charge in [-0.3, -0.25) is 0 Å². The number of esters is 1. The van der Waals surface area contributed by atoms with E-state index in [0.717, 1.165) is 16.3 Å². The van der Waals surface area contributed by atoms with E-state index in [2.05, 4.69) is 10.1 Å². The van der Waals surface area contributed by atoms with Gasteiger partial charge in [0.05, 0.1) is 5.69 Å². The molecule has 2 heterocycles. The van der Waals surface area contributed by atoms with Gasteiger partial charge in [-0.1, -0.05) is 42.5 Å². The van der Waals surface area contributed by atoms with Crippen LogP contribution in [0.3, 0.4) is 0 Å². The number of aromatic nitrogens is 3. The summed E-state index contributed by atoms with van der Waals surface area (Å²) in [5.74, 6) is -0.408. The third-order valence-corrected chi connectivity index (χ3v) is 4.01. The summed E-state index contributed by atoms with van der Waals surface area (Å²) in [5, 5.41) is 6.50. The van der Waals surface area contributed by atoms with E-state index in [1.165, 1.54) is 0 Å². The molecule has 0 saturated heterocycles. The molecule has 118 valence electrons. The summed E-state index contributed by atoms with van der Waals surface area (Å²) in [6.07, 6.45) is 3.40. The van der Waals surface area contributed by atoms with Crippen molar-refractivity contribution in [2.24, 2.45) is 0 Å². The minimum atomic E-state index is -0.408. The van der Waals surface area contributed by atoms with Crippen LogP contribution in [0.4, 0.5) is 0 Å². The standard InChI is InChI=1S/C19H15N3O2/c1-13-17(18-20-10-5-11-22(18)21-13)19(23)24-12-15-8-4-7-14-6-2-3-9-16(14)15/h2-11H,12H2,1H3. The number of aryl methyl sites for hydroxylation is 1. The van der Waals surface area contributed by atoms with Crippen molar-refractivity contribution in [3.8, 4) is 0 Å². The molecule has 0 aliphatic carbocycles. The van der Waals surface area contributed by atoms with E-state index < -0.39 is 5.97 Å². The van der Waals surface area contributed by atoms with Gasteiger partial charge < -0.3 is 4.74 Å². The maximum atomic E-state index is 12.5. The summed E-state index contributed by atoms with van der Waals surface area (Å²) >= 11 is 0. The monoisotopic (exact) mass is 317 g/mol. The van der Waals surface area contributed by atoms with Crippen molar-refractivity contribution in [3.05, 3.63) is 77.7 Å². The minimum Gasteiger partial charge on any atom is -0.457 e. The van der Waals surface area contributed by atoms with E-state index in [1.807, 2.05) is 42.5 Å². The van der Waals surface area contributed by atoms with Crippen molar-refractivity contribution in [3.63, 3.8) is 0 Å². The Bertz CT molecular complexity index is 1050. The Balaban J connectivity index is 1.63. The van der Waals surface area contributed by atoms with Gasteiger partial charge >= 0.3 is 5.97 Å². The van der Waals surface area contributed by atoms with Crippen molar-refractivity contribution in [1.29, 1.82) is 0 Å². The lowest BCUT2D eigenvalue weighted by Gasteiger charge is -2.08. The normalized spacial score (nSPS) is 11.0. The SMILES string of the molecule is Cc1nn2cccnc2c1C(=O)OCc1cccc2ccccc12. The zero-order chi connectivity index (χ0) is 16.5. The Morgan fingerprint density at radius 1 is 1.12 bits per heavy atom. The molecular weight excluding hydrogens is 302 g/mol. The van der Waals surface area contributed by atoms with Crippen LogP contribution < -0.4 is 0 Å². The highest BCUT2D eigenvalue weighted by atomic mass is 16.5. The van der Waals surface area contributed by atoms with Crippen LogP contribution in [-0.2, 0) is 11.3 Å². The number of carbonyl (C=O) groups is 1. The smallest absolute Gasteiger partial charge is 0.344 e. The minimum absolute atomic E-state index is 0.212. The Labute approximate surface area is 138 Å². The summed E-state index contributed by atoms with van der Waals surface area (Å²) in [6, 6.07) is 15.8. The van der Waals surface area contributed by atoms with Gasteiger partial charge in [0, 0.05) is 12.4 Å². The molecule has 4 rings (SSSR count). The first-order valence-corrected chi connectivity index (χ1v) is 7.68. The van der Waals surface area contributed by atoms with Gasteiger partial charge in [-0.25, -0.2) is 14.3 Å². The van der Waals surface area contributed by atoms with Gasteiger partial charge in [0.15, 0.2) is 5.65 Å². The first-order valence-electron chi connectivity index (χ1n) is 7.68. The summed E-state index contributed by atoms with van der Waals surface area (Å²) in [5.41, 5.74) is 2.51. The molecule has 0 aliphatic rings. The van der Waals surface area contributed by atoms with E-state index in [0.29, 0.717) is 16.9 Å². The molecule has 0 atom stereocenters. The highest BCUT2D eigenvalue weighted by molar-refractivity contribution is 5.97. The maximum absolute atomic E-state index is 12.5. The van der Waals surface area contributed by atoms with Crippen LogP contribution in [0.25, 0.3) is 16.4 Å². The van der Waals surface area contributed by atoms with Gasteiger partial charge in [-0.2, -0.15) is 5.10 Å². The number of hydrogen-bond donors (Lipinski definition) is 0. The second-order valence-corrected chi connectivity index (χ2v) is 5.56.